The second-order valence-electron chi connectivity index (χ2n) is 4.15. The largest absolute Gasteiger partial charge is 0.623 e. The lowest BCUT2D eigenvalue weighted by Gasteiger charge is -2.10. The van der Waals surface area contributed by atoms with Gasteiger partial charge in [-0.1, -0.05) is 12.1 Å². The van der Waals surface area contributed by atoms with E-state index < -0.39 is 0 Å². The van der Waals surface area contributed by atoms with Crippen LogP contribution < -0.4 is 4.90 Å². The molecule has 0 aromatic heterocycles. The van der Waals surface area contributed by atoms with Crippen LogP contribution in [0.15, 0.2) is 24.3 Å². The van der Waals surface area contributed by atoms with Gasteiger partial charge in [0.15, 0.2) is 6.04 Å². The molecule has 0 unspecified atom stereocenters. The van der Waals surface area contributed by atoms with Crippen molar-refractivity contribution in [2.45, 2.75) is 19.9 Å². The number of nitrogens with zero attached hydrogens (tertiary/aromatic N) is 2. The van der Waals surface area contributed by atoms with Crippen LogP contribution in [0, 0.1) is 5.21 Å². The van der Waals surface area contributed by atoms with Gasteiger partial charge in [0.25, 0.3) is 5.71 Å². The normalized spacial score (nSPS) is 18.0. The Labute approximate surface area is 94.4 Å². The SMILES string of the molecule is CC(C)/[N+]([O-])=C1\C(=O)N(C)c2ccccc21. The van der Waals surface area contributed by atoms with Crippen LogP contribution >= 0.6 is 0 Å². The molecule has 0 N–H and O–H groups in total. The quantitative estimate of drug-likeness (QED) is 0.406. The third kappa shape index (κ3) is 1.38. The van der Waals surface area contributed by atoms with Crippen molar-refractivity contribution in [1.29, 1.82) is 0 Å². The zero-order valence-electron chi connectivity index (χ0n) is 9.60. The first-order valence-corrected chi connectivity index (χ1v) is 5.24. The Kier molecular flexibility index (Phi) is 2.42. The van der Waals surface area contributed by atoms with E-state index >= 15 is 0 Å². The smallest absolute Gasteiger partial charge is 0.324 e. The summed E-state index contributed by atoms with van der Waals surface area (Å²) in [6.07, 6.45) is 0. The molecule has 0 aliphatic carbocycles. The summed E-state index contributed by atoms with van der Waals surface area (Å²) in [4.78, 5) is 13.5. The third-order valence-corrected chi connectivity index (χ3v) is 2.72. The molecule has 2 rings (SSSR count). The molecular weight excluding hydrogens is 204 g/mol. The van der Waals surface area contributed by atoms with Gasteiger partial charge in [0.1, 0.15) is 0 Å². The van der Waals surface area contributed by atoms with Crippen molar-refractivity contribution in [1.82, 2.24) is 0 Å². The van der Waals surface area contributed by atoms with Crippen LogP contribution in [0.2, 0.25) is 0 Å². The second-order valence-corrected chi connectivity index (χ2v) is 4.15. The molecule has 0 bridgehead atoms. The van der Waals surface area contributed by atoms with Crippen LogP contribution in [0.4, 0.5) is 5.69 Å². The Morgan fingerprint density at radius 3 is 2.56 bits per heavy atom. The number of carbonyl (C=O) groups is 1. The lowest BCUT2D eigenvalue weighted by atomic mass is 10.1. The minimum absolute atomic E-state index is 0.232. The van der Waals surface area contributed by atoms with Crippen LogP contribution in [-0.2, 0) is 4.79 Å². The Bertz CT molecular complexity index is 478. The summed E-state index contributed by atoms with van der Waals surface area (Å²) in [7, 11) is 1.68. The van der Waals surface area contributed by atoms with E-state index in [0.29, 0.717) is 0 Å². The van der Waals surface area contributed by atoms with Gasteiger partial charge >= 0.3 is 5.91 Å². The molecule has 1 aromatic rings. The number of rotatable bonds is 1. The number of amides is 1. The van der Waals surface area contributed by atoms with E-state index in [4.69, 9.17) is 0 Å². The molecule has 0 fully saturated rings. The van der Waals surface area contributed by atoms with Gasteiger partial charge in [-0.05, 0) is 26.0 Å². The topological polar surface area (TPSA) is 46.4 Å². The number of fused-ring (bicyclic) bond motifs is 1. The van der Waals surface area contributed by atoms with Gasteiger partial charge in [0.05, 0.1) is 11.3 Å². The van der Waals surface area contributed by atoms with Crippen LogP contribution in [0.1, 0.15) is 19.4 Å². The van der Waals surface area contributed by atoms with Crippen LogP contribution in [0.25, 0.3) is 0 Å². The number of likely N-dealkylation sites (N-methyl/N-ethyl adjacent to an activating group) is 1. The molecule has 84 valence electrons. The van der Waals surface area contributed by atoms with Gasteiger partial charge in [-0.3, -0.25) is 4.79 Å². The van der Waals surface area contributed by atoms with Crippen molar-refractivity contribution >= 4 is 17.3 Å². The molecule has 1 heterocycles. The fraction of sp³-hybridized carbons (Fsp3) is 0.333. The van der Waals surface area contributed by atoms with Gasteiger partial charge in [-0.25, -0.2) is 0 Å². The number of para-hydroxylation sites is 1. The maximum absolute atomic E-state index is 12.0. The molecular formula is C12H14N2O2. The van der Waals surface area contributed by atoms with Gasteiger partial charge in [0, 0.05) is 7.05 Å². The average molecular weight is 218 g/mol. The number of hydrogen-bond donors (Lipinski definition) is 0. The monoisotopic (exact) mass is 218 g/mol. The number of hydrogen-bond acceptors (Lipinski definition) is 2. The van der Waals surface area contributed by atoms with E-state index in [1.165, 1.54) is 4.90 Å². The number of anilines is 1. The lowest BCUT2D eigenvalue weighted by molar-refractivity contribution is -0.490. The van der Waals surface area contributed by atoms with Crippen molar-refractivity contribution in [3.8, 4) is 0 Å². The van der Waals surface area contributed by atoms with E-state index in [1.807, 2.05) is 18.2 Å². The fourth-order valence-electron chi connectivity index (χ4n) is 1.82. The molecule has 1 amide bonds. The first-order valence-electron chi connectivity index (χ1n) is 5.24. The fourth-order valence-corrected chi connectivity index (χ4v) is 1.82. The number of hydroxylamine groups is 1. The van der Waals surface area contributed by atoms with Crippen molar-refractivity contribution in [2.75, 3.05) is 11.9 Å². The van der Waals surface area contributed by atoms with Gasteiger partial charge < -0.3 is 10.1 Å². The highest BCUT2D eigenvalue weighted by atomic mass is 16.5. The van der Waals surface area contributed by atoms with Crippen LogP contribution in [-0.4, -0.2) is 29.4 Å². The number of carbonyl (C=O) groups excluding carboxylic acids is 1. The molecule has 1 aromatic carbocycles. The molecule has 0 radical (unpaired) electrons. The Morgan fingerprint density at radius 1 is 1.31 bits per heavy atom. The van der Waals surface area contributed by atoms with Crippen LogP contribution in [0.3, 0.4) is 0 Å². The summed E-state index contributed by atoms with van der Waals surface area (Å²) >= 11 is 0. The second kappa shape index (κ2) is 3.63. The summed E-state index contributed by atoms with van der Waals surface area (Å²) in [5.41, 5.74) is 1.76. The molecule has 16 heavy (non-hydrogen) atoms. The molecule has 0 spiro atoms. The zero-order valence-corrected chi connectivity index (χ0v) is 9.60. The third-order valence-electron chi connectivity index (χ3n) is 2.72. The van der Waals surface area contributed by atoms with E-state index in [0.717, 1.165) is 16.0 Å². The first-order chi connectivity index (χ1) is 7.54. The Hall–Kier alpha value is -1.84. The molecule has 1 aliphatic rings. The highest BCUT2D eigenvalue weighted by Crippen LogP contribution is 2.27. The van der Waals surface area contributed by atoms with Gasteiger partial charge in [-0.2, -0.15) is 4.74 Å². The zero-order chi connectivity index (χ0) is 11.9. The van der Waals surface area contributed by atoms with Crippen molar-refractivity contribution in [3.05, 3.63) is 35.0 Å². The molecule has 0 atom stereocenters. The standard InChI is InChI=1S/C12H14N2O2/c1-8(2)14(16)11-9-6-4-5-7-10(9)13(3)12(11)15/h4-8H,1-3H3/b14-11+. The summed E-state index contributed by atoms with van der Waals surface area (Å²) in [6, 6.07) is 7.10. The summed E-state index contributed by atoms with van der Waals surface area (Å²) in [5, 5.41) is 11.9. The summed E-state index contributed by atoms with van der Waals surface area (Å²) in [5.74, 6) is -0.232. The highest BCUT2D eigenvalue weighted by Gasteiger charge is 2.37. The first kappa shape index (κ1) is 10.7. The Balaban J connectivity index is 2.67. The Morgan fingerprint density at radius 2 is 1.94 bits per heavy atom. The lowest BCUT2D eigenvalue weighted by Crippen LogP contribution is -2.33. The average Bonchev–Trinajstić information content (AvgIpc) is 2.52. The van der Waals surface area contributed by atoms with Gasteiger partial charge in [-0.15, -0.1) is 0 Å². The molecule has 4 heteroatoms. The maximum atomic E-state index is 12.0. The minimum atomic E-state index is -0.237. The van der Waals surface area contributed by atoms with E-state index in [1.54, 1.807) is 27.0 Å². The van der Waals surface area contributed by atoms with E-state index in [9.17, 15) is 10.0 Å². The molecule has 1 aliphatic heterocycles. The molecule has 0 saturated carbocycles. The highest BCUT2D eigenvalue weighted by molar-refractivity contribution is 6.52. The summed E-state index contributed by atoms with van der Waals surface area (Å²) < 4.78 is 0.782. The van der Waals surface area contributed by atoms with Crippen molar-refractivity contribution in [2.24, 2.45) is 0 Å². The molecule has 0 saturated heterocycles. The molecule has 4 nitrogen and oxygen atoms in total. The summed E-state index contributed by atoms with van der Waals surface area (Å²) in [6.45, 7) is 3.54. The maximum Gasteiger partial charge on any atom is 0.324 e. The van der Waals surface area contributed by atoms with Crippen LogP contribution in [0.5, 0.6) is 0 Å². The van der Waals surface area contributed by atoms with E-state index in [2.05, 4.69) is 0 Å². The van der Waals surface area contributed by atoms with Crippen molar-refractivity contribution < 1.29 is 9.53 Å². The number of benzene rings is 1. The van der Waals surface area contributed by atoms with Gasteiger partial charge in [0.2, 0.25) is 0 Å². The van der Waals surface area contributed by atoms with Crippen molar-refractivity contribution in [3.63, 3.8) is 0 Å². The predicted octanol–water partition coefficient (Wildman–Crippen LogP) is 1.37. The van der Waals surface area contributed by atoms with E-state index in [-0.39, 0.29) is 17.7 Å². The minimum Gasteiger partial charge on any atom is -0.623 e. The predicted molar refractivity (Wildman–Crippen MR) is 62.7 cm³/mol.